The third-order valence-electron chi connectivity index (χ3n) is 4.77. The van der Waals surface area contributed by atoms with Crippen molar-refractivity contribution in [2.24, 2.45) is 12.8 Å². The van der Waals surface area contributed by atoms with Crippen molar-refractivity contribution in [2.45, 2.75) is 19.3 Å². The summed E-state index contributed by atoms with van der Waals surface area (Å²) in [7, 11) is 3.59. The number of halogens is 1. The molecule has 0 aliphatic carbocycles. The van der Waals surface area contributed by atoms with Gasteiger partial charge in [0.15, 0.2) is 11.6 Å². The molecule has 2 aromatic carbocycles. The molecule has 0 spiro atoms. The van der Waals surface area contributed by atoms with Crippen LogP contribution in [0.15, 0.2) is 42.6 Å². The molecule has 0 saturated carbocycles. The van der Waals surface area contributed by atoms with Gasteiger partial charge in [0, 0.05) is 25.1 Å². The zero-order valence-corrected chi connectivity index (χ0v) is 15.5. The molecule has 1 unspecified atom stereocenters. The van der Waals surface area contributed by atoms with E-state index in [1.54, 1.807) is 13.2 Å². The Hall–Kier alpha value is -2.53. The van der Waals surface area contributed by atoms with Gasteiger partial charge in [0.25, 0.3) is 0 Å². The second-order valence-electron chi connectivity index (χ2n) is 6.55. The number of methoxy groups -OCH3 is 1. The van der Waals surface area contributed by atoms with Gasteiger partial charge in [-0.05, 0) is 47.9 Å². The van der Waals surface area contributed by atoms with Gasteiger partial charge in [0.05, 0.1) is 19.2 Å². The van der Waals surface area contributed by atoms with E-state index in [0.717, 1.165) is 27.8 Å². The van der Waals surface area contributed by atoms with Crippen molar-refractivity contribution in [1.82, 2.24) is 4.57 Å². The molecule has 3 rings (SSSR count). The maximum absolute atomic E-state index is 14.5. The largest absolute Gasteiger partial charge is 0.497 e. The minimum absolute atomic E-state index is 0.129. The first kappa shape index (κ1) is 18.3. The van der Waals surface area contributed by atoms with Crippen molar-refractivity contribution in [3.05, 3.63) is 59.5 Å². The van der Waals surface area contributed by atoms with E-state index in [1.165, 1.54) is 6.07 Å². The van der Waals surface area contributed by atoms with Crippen LogP contribution in [0.25, 0.3) is 10.9 Å². The highest BCUT2D eigenvalue weighted by Gasteiger charge is 2.19. The second-order valence-corrected chi connectivity index (χ2v) is 6.55. The standard InChI is InChI=1S/C21H25FN2O2/c1-14(12-23)17-13-24(2)19-9-8-18(22)21(20(17)19)26-11-10-15-4-6-16(25-3)7-5-15/h4-9,13-14H,10-12,23H2,1-3H3. The van der Waals surface area contributed by atoms with E-state index < -0.39 is 0 Å². The maximum Gasteiger partial charge on any atom is 0.165 e. The number of aromatic nitrogens is 1. The highest BCUT2D eigenvalue weighted by atomic mass is 19.1. The quantitative estimate of drug-likeness (QED) is 0.696. The topological polar surface area (TPSA) is 49.4 Å². The summed E-state index contributed by atoms with van der Waals surface area (Å²) in [4.78, 5) is 0. The molecule has 0 aliphatic heterocycles. The number of rotatable bonds is 7. The molecule has 3 aromatic rings. The fourth-order valence-corrected chi connectivity index (χ4v) is 3.17. The molecule has 138 valence electrons. The summed E-state index contributed by atoms with van der Waals surface area (Å²) in [6.07, 6.45) is 2.70. The predicted octanol–water partition coefficient (Wildman–Crippen LogP) is 4.01. The van der Waals surface area contributed by atoms with Gasteiger partial charge in [-0.2, -0.15) is 0 Å². The summed E-state index contributed by atoms with van der Waals surface area (Å²) in [5.41, 5.74) is 8.91. The van der Waals surface area contributed by atoms with Crippen LogP contribution in [0.1, 0.15) is 24.0 Å². The van der Waals surface area contributed by atoms with E-state index in [2.05, 4.69) is 0 Å². The van der Waals surface area contributed by atoms with Gasteiger partial charge in [-0.25, -0.2) is 4.39 Å². The Bertz CT molecular complexity index is 887. The summed E-state index contributed by atoms with van der Waals surface area (Å²) in [5, 5.41) is 0.820. The Labute approximate surface area is 153 Å². The van der Waals surface area contributed by atoms with E-state index in [0.29, 0.717) is 25.3 Å². The fourth-order valence-electron chi connectivity index (χ4n) is 3.17. The molecule has 5 heteroatoms. The van der Waals surface area contributed by atoms with E-state index in [1.807, 2.05) is 49.0 Å². The molecule has 2 N–H and O–H groups in total. The monoisotopic (exact) mass is 356 g/mol. The number of benzene rings is 2. The minimum atomic E-state index is -0.344. The van der Waals surface area contributed by atoms with Crippen molar-refractivity contribution in [1.29, 1.82) is 0 Å². The van der Waals surface area contributed by atoms with Crippen LogP contribution in [0, 0.1) is 5.82 Å². The van der Waals surface area contributed by atoms with Crippen molar-refractivity contribution in [3.8, 4) is 11.5 Å². The zero-order valence-electron chi connectivity index (χ0n) is 15.5. The summed E-state index contributed by atoms with van der Waals surface area (Å²) < 4.78 is 27.6. The normalized spacial score (nSPS) is 12.3. The van der Waals surface area contributed by atoms with Crippen molar-refractivity contribution >= 4 is 10.9 Å². The Balaban J connectivity index is 1.85. The number of nitrogens with zero attached hydrogens (tertiary/aromatic N) is 1. The number of nitrogens with two attached hydrogens (primary N) is 1. The Morgan fingerprint density at radius 2 is 1.88 bits per heavy atom. The van der Waals surface area contributed by atoms with Gasteiger partial charge in [0.2, 0.25) is 0 Å². The van der Waals surface area contributed by atoms with Crippen LogP contribution in [0.4, 0.5) is 4.39 Å². The third kappa shape index (κ3) is 3.53. The van der Waals surface area contributed by atoms with Gasteiger partial charge < -0.3 is 19.8 Å². The fraction of sp³-hybridized carbons (Fsp3) is 0.333. The van der Waals surface area contributed by atoms with Crippen LogP contribution < -0.4 is 15.2 Å². The van der Waals surface area contributed by atoms with E-state index in [4.69, 9.17) is 15.2 Å². The Morgan fingerprint density at radius 3 is 2.54 bits per heavy atom. The zero-order chi connectivity index (χ0) is 18.7. The molecule has 0 aliphatic rings. The molecule has 0 radical (unpaired) electrons. The van der Waals surface area contributed by atoms with Gasteiger partial charge in [-0.3, -0.25) is 0 Å². The third-order valence-corrected chi connectivity index (χ3v) is 4.77. The number of ether oxygens (including phenoxy) is 2. The highest BCUT2D eigenvalue weighted by Crippen LogP contribution is 2.36. The highest BCUT2D eigenvalue weighted by molar-refractivity contribution is 5.90. The maximum atomic E-state index is 14.5. The Kier molecular flexibility index (Phi) is 5.47. The smallest absolute Gasteiger partial charge is 0.165 e. The molecule has 1 heterocycles. The lowest BCUT2D eigenvalue weighted by Gasteiger charge is -2.13. The van der Waals surface area contributed by atoms with Gasteiger partial charge >= 0.3 is 0 Å². The first-order valence-corrected chi connectivity index (χ1v) is 8.78. The van der Waals surface area contributed by atoms with Crippen molar-refractivity contribution in [3.63, 3.8) is 0 Å². The molecule has 1 atom stereocenters. The average molecular weight is 356 g/mol. The van der Waals surface area contributed by atoms with Crippen LogP contribution in [0.3, 0.4) is 0 Å². The van der Waals surface area contributed by atoms with Gasteiger partial charge in [0.1, 0.15) is 5.75 Å². The summed E-state index contributed by atoms with van der Waals surface area (Å²) in [5.74, 6) is 0.912. The molecule has 1 aromatic heterocycles. The van der Waals surface area contributed by atoms with Crippen LogP contribution in [-0.4, -0.2) is 24.8 Å². The lowest BCUT2D eigenvalue weighted by atomic mass is 10.00. The molecular weight excluding hydrogens is 331 g/mol. The summed E-state index contributed by atoms with van der Waals surface area (Å²) in [6.45, 7) is 2.94. The van der Waals surface area contributed by atoms with Crippen molar-refractivity contribution in [2.75, 3.05) is 20.3 Å². The van der Waals surface area contributed by atoms with Crippen LogP contribution in [0.5, 0.6) is 11.5 Å². The molecule has 0 bridgehead atoms. The lowest BCUT2D eigenvalue weighted by Crippen LogP contribution is -2.09. The number of hydrogen-bond acceptors (Lipinski definition) is 3. The number of hydrogen-bond donors (Lipinski definition) is 1. The molecule has 0 amide bonds. The van der Waals surface area contributed by atoms with Gasteiger partial charge in [-0.1, -0.05) is 19.1 Å². The van der Waals surface area contributed by atoms with Crippen molar-refractivity contribution < 1.29 is 13.9 Å². The molecule has 26 heavy (non-hydrogen) atoms. The lowest BCUT2D eigenvalue weighted by molar-refractivity contribution is 0.309. The first-order valence-electron chi connectivity index (χ1n) is 8.78. The van der Waals surface area contributed by atoms with E-state index in [-0.39, 0.29) is 11.7 Å². The minimum Gasteiger partial charge on any atom is -0.497 e. The van der Waals surface area contributed by atoms with E-state index in [9.17, 15) is 4.39 Å². The SMILES string of the molecule is COc1ccc(CCOc2c(F)ccc3c2c(C(C)CN)cn3C)cc1. The Morgan fingerprint density at radius 1 is 1.15 bits per heavy atom. The molecule has 0 saturated heterocycles. The van der Waals surface area contributed by atoms with Crippen LogP contribution in [-0.2, 0) is 13.5 Å². The molecule has 4 nitrogen and oxygen atoms in total. The van der Waals surface area contributed by atoms with Crippen LogP contribution >= 0.6 is 0 Å². The molecular formula is C21H25FN2O2. The van der Waals surface area contributed by atoms with Crippen LogP contribution in [0.2, 0.25) is 0 Å². The van der Waals surface area contributed by atoms with E-state index >= 15 is 0 Å². The summed E-state index contributed by atoms with van der Waals surface area (Å²) >= 11 is 0. The van der Waals surface area contributed by atoms with Gasteiger partial charge in [-0.15, -0.1) is 0 Å². The molecule has 0 fully saturated rings. The summed E-state index contributed by atoms with van der Waals surface area (Å²) in [6, 6.07) is 11.0. The number of fused-ring (bicyclic) bond motifs is 1. The number of aryl methyl sites for hydroxylation is 1. The average Bonchev–Trinajstić information content (AvgIpc) is 3.00. The first-order chi connectivity index (χ1) is 12.5. The second kappa shape index (κ2) is 7.79. The predicted molar refractivity (Wildman–Crippen MR) is 103 cm³/mol.